The number of amides is 1. The maximum atomic E-state index is 13.5. The Morgan fingerprint density at radius 1 is 1.08 bits per heavy atom. The normalized spacial score (nSPS) is 14.7. The van der Waals surface area contributed by atoms with Gasteiger partial charge in [0, 0.05) is 5.38 Å². The summed E-state index contributed by atoms with van der Waals surface area (Å²) < 4.78 is 11.0. The molecule has 0 aliphatic carbocycles. The second kappa shape index (κ2) is 11.7. The van der Waals surface area contributed by atoms with Gasteiger partial charge in [-0.2, -0.15) is 0 Å². The predicted octanol–water partition coefficient (Wildman–Crippen LogP) is 5.63. The van der Waals surface area contributed by atoms with Crippen molar-refractivity contribution in [1.29, 1.82) is 0 Å². The number of nitrogens with zero attached hydrogens (tertiary/aromatic N) is 2. The number of fused-ring (bicyclic) bond motifs is 1. The van der Waals surface area contributed by atoms with Crippen LogP contribution in [-0.4, -0.2) is 41.3 Å². The van der Waals surface area contributed by atoms with Gasteiger partial charge in [0.1, 0.15) is 5.75 Å². The highest BCUT2D eigenvalue weighted by Gasteiger charge is 2.31. The molecule has 38 heavy (non-hydrogen) atoms. The van der Waals surface area contributed by atoms with Crippen molar-refractivity contribution >= 4 is 51.4 Å². The maximum absolute atomic E-state index is 13.5. The molecular weight excluding hydrogens is 518 g/mol. The quantitative estimate of drug-likeness (QED) is 0.216. The average Bonchev–Trinajstić information content (AvgIpc) is 3.59. The maximum Gasteiger partial charge on any atom is 0.311 e. The van der Waals surface area contributed by atoms with Crippen LogP contribution in [0, 0.1) is 0 Å². The van der Waals surface area contributed by atoms with E-state index in [0.717, 1.165) is 37.7 Å². The third kappa shape index (κ3) is 5.84. The first kappa shape index (κ1) is 25.8. The molecule has 4 aromatic rings. The number of carbonyl (C=O) groups excluding carboxylic acids is 2. The second-order valence-electron chi connectivity index (χ2n) is 8.61. The number of nitrogens with one attached hydrogen (secondary N) is 1. The molecular formula is C29H27N3O4S2. The molecule has 1 amide bonds. The molecule has 0 saturated carbocycles. The highest BCUT2D eigenvalue weighted by molar-refractivity contribution is 8.01. The van der Waals surface area contributed by atoms with Crippen LogP contribution >= 0.6 is 23.1 Å². The highest BCUT2D eigenvalue weighted by atomic mass is 32.2. The number of hydrogen-bond acceptors (Lipinski definition) is 8. The van der Waals surface area contributed by atoms with E-state index in [1.165, 1.54) is 23.1 Å². The number of hydrazine groups is 1. The Morgan fingerprint density at radius 2 is 1.87 bits per heavy atom. The Kier molecular flexibility index (Phi) is 7.95. The van der Waals surface area contributed by atoms with Gasteiger partial charge in [-0.3, -0.25) is 15.0 Å². The molecule has 7 nitrogen and oxygen atoms in total. The van der Waals surface area contributed by atoms with E-state index in [0.29, 0.717) is 12.3 Å². The summed E-state index contributed by atoms with van der Waals surface area (Å²) in [6.45, 7) is 2.12. The summed E-state index contributed by atoms with van der Waals surface area (Å²) >= 11 is 2.78. The number of hydrogen-bond donors (Lipinski definition) is 1. The highest BCUT2D eigenvalue weighted by Crippen LogP contribution is 2.34. The molecule has 0 saturated heterocycles. The Labute approximate surface area is 229 Å². The van der Waals surface area contributed by atoms with Gasteiger partial charge in [0.15, 0.2) is 4.34 Å². The van der Waals surface area contributed by atoms with Crippen LogP contribution in [0.15, 0.2) is 82.5 Å². The van der Waals surface area contributed by atoms with Crippen molar-refractivity contribution in [2.24, 2.45) is 0 Å². The zero-order valence-corrected chi connectivity index (χ0v) is 22.7. The van der Waals surface area contributed by atoms with Gasteiger partial charge in [0.05, 0.1) is 43.3 Å². The lowest BCUT2D eigenvalue weighted by molar-refractivity contribution is -0.142. The minimum Gasteiger partial charge on any atom is -0.497 e. The van der Waals surface area contributed by atoms with Crippen molar-refractivity contribution in [2.75, 3.05) is 19.5 Å². The summed E-state index contributed by atoms with van der Waals surface area (Å²) in [7, 11) is 1.63. The van der Waals surface area contributed by atoms with Crippen LogP contribution in [0.3, 0.4) is 0 Å². The topological polar surface area (TPSA) is 80.8 Å². The van der Waals surface area contributed by atoms with Gasteiger partial charge in [0.2, 0.25) is 0 Å². The molecule has 1 aliphatic rings. The van der Waals surface area contributed by atoms with E-state index in [1.54, 1.807) is 19.0 Å². The molecule has 9 heteroatoms. The van der Waals surface area contributed by atoms with E-state index in [1.807, 2.05) is 41.8 Å². The molecule has 0 radical (unpaired) electrons. The monoisotopic (exact) mass is 545 g/mol. The zero-order chi connectivity index (χ0) is 26.5. The Morgan fingerprint density at radius 3 is 2.63 bits per heavy atom. The van der Waals surface area contributed by atoms with Gasteiger partial charge in [-0.25, -0.2) is 9.99 Å². The third-order valence-electron chi connectivity index (χ3n) is 6.11. The molecule has 194 valence electrons. The van der Waals surface area contributed by atoms with Crippen molar-refractivity contribution in [3.63, 3.8) is 0 Å². The number of methoxy groups -OCH3 is 1. The molecule has 0 fully saturated rings. The molecule has 1 N–H and O–H groups in total. The molecule has 5 rings (SSSR count). The van der Waals surface area contributed by atoms with Crippen LogP contribution in [0.1, 0.15) is 29.8 Å². The smallest absolute Gasteiger partial charge is 0.311 e. The van der Waals surface area contributed by atoms with Crippen LogP contribution in [0.5, 0.6) is 5.75 Å². The summed E-state index contributed by atoms with van der Waals surface area (Å²) in [5.41, 5.74) is 6.86. The lowest BCUT2D eigenvalue weighted by atomic mass is 10.0. The van der Waals surface area contributed by atoms with Crippen LogP contribution in [-0.2, 0) is 20.7 Å². The summed E-state index contributed by atoms with van der Waals surface area (Å²) in [4.78, 5) is 29.7. The zero-order valence-electron chi connectivity index (χ0n) is 21.0. The van der Waals surface area contributed by atoms with E-state index in [-0.39, 0.29) is 30.1 Å². The van der Waals surface area contributed by atoms with Crippen molar-refractivity contribution in [2.45, 2.75) is 23.7 Å². The first-order valence-corrected chi connectivity index (χ1v) is 14.1. The SMILES string of the molecule is CCOC(=O)Cc1csc(SCC(=O)N2NC(c3ccc4ccccc4c3)=C[C@@H]2c2ccc(OC)cc2)n1. The third-order valence-corrected chi connectivity index (χ3v) is 8.17. The van der Waals surface area contributed by atoms with Crippen LogP contribution < -0.4 is 10.2 Å². The van der Waals surface area contributed by atoms with Crippen LogP contribution in [0.25, 0.3) is 16.5 Å². The van der Waals surface area contributed by atoms with Gasteiger partial charge in [0.25, 0.3) is 5.91 Å². The summed E-state index contributed by atoms with van der Waals surface area (Å²) in [6, 6.07) is 21.9. The molecule has 3 aromatic carbocycles. The van der Waals surface area contributed by atoms with Crippen molar-refractivity contribution in [3.05, 3.63) is 95.0 Å². The number of rotatable bonds is 9. The summed E-state index contributed by atoms with van der Waals surface area (Å²) in [5, 5.41) is 5.80. The Hall–Kier alpha value is -3.82. The lowest BCUT2D eigenvalue weighted by Crippen LogP contribution is -2.40. The number of aromatic nitrogens is 1. The van der Waals surface area contributed by atoms with Crippen molar-refractivity contribution < 1.29 is 19.1 Å². The fraction of sp³-hybridized carbons (Fsp3) is 0.207. The standard InChI is InChI=1S/C29H27N3O4S2/c1-3-36-28(34)15-23-17-37-29(30-23)38-18-27(33)32-26(20-10-12-24(35-2)13-11-20)16-25(31-32)22-9-8-19-6-4-5-7-21(19)14-22/h4-14,16-17,26,31H,3,15,18H2,1-2H3/t26-/m1/s1. The van der Waals surface area contributed by atoms with Crippen molar-refractivity contribution in [1.82, 2.24) is 15.4 Å². The fourth-order valence-electron chi connectivity index (χ4n) is 4.24. The van der Waals surface area contributed by atoms with Crippen LogP contribution in [0.4, 0.5) is 0 Å². The van der Waals surface area contributed by atoms with Gasteiger partial charge >= 0.3 is 5.97 Å². The molecule has 1 aliphatic heterocycles. The number of esters is 1. The largest absolute Gasteiger partial charge is 0.497 e. The predicted molar refractivity (Wildman–Crippen MR) is 151 cm³/mol. The van der Waals surface area contributed by atoms with E-state index < -0.39 is 0 Å². The van der Waals surface area contributed by atoms with Gasteiger partial charge in [-0.1, -0.05) is 60.3 Å². The number of thioether (sulfide) groups is 1. The fourth-order valence-corrected chi connectivity index (χ4v) is 5.94. The minimum absolute atomic E-state index is 0.0787. The number of ether oxygens (including phenoxy) is 2. The molecule has 0 unspecified atom stereocenters. The molecule has 2 heterocycles. The van der Waals surface area contributed by atoms with E-state index >= 15 is 0 Å². The Balaban J connectivity index is 1.34. The summed E-state index contributed by atoms with van der Waals surface area (Å²) in [5.74, 6) is 0.575. The molecule has 0 bridgehead atoms. The van der Waals surface area contributed by atoms with Gasteiger partial charge < -0.3 is 9.47 Å². The lowest BCUT2D eigenvalue weighted by Gasteiger charge is -2.25. The van der Waals surface area contributed by atoms with Gasteiger partial charge in [-0.15, -0.1) is 11.3 Å². The molecule has 0 spiro atoms. The van der Waals surface area contributed by atoms with E-state index in [2.05, 4.69) is 46.8 Å². The number of benzene rings is 3. The molecule has 1 aromatic heterocycles. The minimum atomic E-state index is -0.304. The number of carbonyl (C=O) groups is 2. The summed E-state index contributed by atoms with van der Waals surface area (Å²) in [6.07, 6.45) is 2.21. The van der Waals surface area contributed by atoms with Crippen molar-refractivity contribution in [3.8, 4) is 5.75 Å². The van der Waals surface area contributed by atoms with Gasteiger partial charge in [-0.05, 0) is 53.1 Å². The number of thiazole rings is 1. The second-order valence-corrected chi connectivity index (χ2v) is 10.7. The van der Waals surface area contributed by atoms with E-state index in [4.69, 9.17) is 9.47 Å². The molecule has 1 atom stereocenters. The first-order chi connectivity index (χ1) is 18.5. The average molecular weight is 546 g/mol. The van der Waals surface area contributed by atoms with Crippen LogP contribution in [0.2, 0.25) is 0 Å². The van der Waals surface area contributed by atoms with E-state index in [9.17, 15) is 9.59 Å². The first-order valence-electron chi connectivity index (χ1n) is 12.2. The Bertz CT molecular complexity index is 1480.